The van der Waals surface area contributed by atoms with Crippen LogP contribution in [-0.2, 0) is 0 Å². The normalized spacial score (nSPS) is 32.4. The van der Waals surface area contributed by atoms with Gasteiger partial charge in [-0.15, -0.1) is 11.6 Å². The topological polar surface area (TPSA) is 27.8 Å². The molecule has 3 atom stereocenters. The summed E-state index contributed by atoms with van der Waals surface area (Å²) in [6.45, 7) is 3.34. The van der Waals surface area contributed by atoms with Gasteiger partial charge < -0.3 is 10.3 Å². The van der Waals surface area contributed by atoms with Crippen molar-refractivity contribution in [3.63, 3.8) is 0 Å². The minimum atomic E-state index is 0.370. The molecule has 3 rings (SSSR count). The summed E-state index contributed by atoms with van der Waals surface area (Å²) in [4.78, 5) is 3.63. The molecule has 0 spiro atoms. The smallest absolute Gasteiger partial charge is 0.0342 e. The van der Waals surface area contributed by atoms with Gasteiger partial charge in [0, 0.05) is 28.7 Å². The summed E-state index contributed by atoms with van der Waals surface area (Å²) in [6.07, 6.45) is 8.85. The number of halogens is 1. The fourth-order valence-corrected chi connectivity index (χ4v) is 4.14. The Bertz CT molecular complexity index is 420. The molecule has 1 aromatic rings. The molecule has 2 N–H and O–H groups in total. The number of rotatable bonds is 2. The molecule has 2 aliphatic rings. The molecular weight excluding hydrogens is 256 g/mol. The first-order chi connectivity index (χ1) is 9.24. The number of alkyl halides is 1. The van der Waals surface area contributed by atoms with Crippen LogP contribution in [0.25, 0.3) is 0 Å². The number of aromatic amines is 1. The van der Waals surface area contributed by atoms with E-state index in [0.717, 1.165) is 13.0 Å². The summed E-state index contributed by atoms with van der Waals surface area (Å²) in [5.74, 6) is 0.642. The molecule has 1 saturated heterocycles. The van der Waals surface area contributed by atoms with E-state index in [1.165, 1.54) is 55.5 Å². The van der Waals surface area contributed by atoms with E-state index in [9.17, 15) is 0 Å². The highest BCUT2D eigenvalue weighted by Crippen LogP contribution is 2.39. The maximum atomic E-state index is 6.38. The molecule has 1 aromatic heterocycles. The van der Waals surface area contributed by atoms with Crippen molar-refractivity contribution in [2.75, 3.05) is 6.54 Å². The first-order valence-electron chi connectivity index (χ1n) is 7.81. The zero-order chi connectivity index (χ0) is 13.2. The molecular formula is C16H25ClN2. The van der Waals surface area contributed by atoms with Crippen LogP contribution in [0, 0.1) is 6.92 Å². The lowest BCUT2D eigenvalue weighted by Gasteiger charge is -2.29. The lowest BCUT2D eigenvalue weighted by atomic mass is 9.83. The van der Waals surface area contributed by atoms with Gasteiger partial charge in [0.1, 0.15) is 0 Å². The molecule has 0 amide bonds. The highest BCUT2D eigenvalue weighted by Gasteiger charge is 2.28. The molecule has 19 heavy (non-hydrogen) atoms. The van der Waals surface area contributed by atoms with Crippen molar-refractivity contribution in [2.45, 2.75) is 69.2 Å². The van der Waals surface area contributed by atoms with Gasteiger partial charge in [-0.25, -0.2) is 0 Å². The van der Waals surface area contributed by atoms with Crippen LogP contribution in [0.5, 0.6) is 0 Å². The Morgan fingerprint density at radius 1 is 1.16 bits per heavy atom. The Morgan fingerprint density at radius 2 is 2.05 bits per heavy atom. The van der Waals surface area contributed by atoms with Gasteiger partial charge in [0.15, 0.2) is 0 Å². The summed E-state index contributed by atoms with van der Waals surface area (Å²) in [5.41, 5.74) is 4.30. The van der Waals surface area contributed by atoms with Crippen molar-refractivity contribution >= 4 is 11.6 Å². The monoisotopic (exact) mass is 280 g/mol. The van der Waals surface area contributed by atoms with E-state index in [0.29, 0.717) is 17.3 Å². The minimum Gasteiger partial charge on any atom is -0.362 e. The van der Waals surface area contributed by atoms with Crippen LogP contribution in [0.3, 0.4) is 0 Å². The van der Waals surface area contributed by atoms with E-state index in [4.69, 9.17) is 11.6 Å². The van der Waals surface area contributed by atoms with Crippen molar-refractivity contribution in [1.29, 1.82) is 0 Å². The zero-order valence-corrected chi connectivity index (χ0v) is 12.6. The second kappa shape index (κ2) is 5.88. The van der Waals surface area contributed by atoms with Crippen LogP contribution < -0.4 is 5.32 Å². The largest absolute Gasteiger partial charge is 0.362 e. The third-order valence-electron chi connectivity index (χ3n) is 4.72. The molecule has 106 valence electrons. The van der Waals surface area contributed by atoms with Crippen molar-refractivity contribution in [3.8, 4) is 0 Å². The van der Waals surface area contributed by atoms with Gasteiger partial charge in [-0.1, -0.05) is 12.8 Å². The van der Waals surface area contributed by atoms with Gasteiger partial charge in [-0.3, -0.25) is 0 Å². The first-order valence-corrected chi connectivity index (χ1v) is 8.24. The van der Waals surface area contributed by atoms with Gasteiger partial charge in [0.25, 0.3) is 0 Å². The van der Waals surface area contributed by atoms with Crippen LogP contribution >= 0.6 is 11.6 Å². The number of hydrogen-bond acceptors (Lipinski definition) is 1. The molecule has 2 nitrogen and oxygen atoms in total. The van der Waals surface area contributed by atoms with Crippen LogP contribution in [-0.4, -0.2) is 16.9 Å². The Balaban J connectivity index is 1.83. The van der Waals surface area contributed by atoms with Gasteiger partial charge in [-0.2, -0.15) is 0 Å². The van der Waals surface area contributed by atoms with Crippen LogP contribution in [0.2, 0.25) is 0 Å². The molecule has 3 heteroatoms. The molecule has 0 radical (unpaired) electrons. The van der Waals surface area contributed by atoms with Gasteiger partial charge in [-0.05, 0) is 57.2 Å². The maximum absolute atomic E-state index is 6.38. The summed E-state index contributed by atoms with van der Waals surface area (Å²) in [6, 6.07) is 2.92. The van der Waals surface area contributed by atoms with Crippen molar-refractivity contribution in [1.82, 2.24) is 10.3 Å². The SMILES string of the molecule is Cc1cc(C2CCCCN2)c(C2CCCC(Cl)C2)[nH]1. The fourth-order valence-electron chi connectivity index (χ4n) is 3.77. The predicted molar refractivity (Wildman–Crippen MR) is 81.0 cm³/mol. The summed E-state index contributed by atoms with van der Waals surface area (Å²) < 4.78 is 0. The Morgan fingerprint density at radius 3 is 2.79 bits per heavy atom. The molecule has 1 aliphatic carbocycles. The number of piperidine rings is 1. The average Bonchev–Trinajstić information content (AvgIpc) is 2.82. The van der Waals surface area contributed by atoms with Crippen LogP contribution in [0.15, 0.2) is 6.07 Å². The molecule has 1 saturated carbocycles. The highest BCUT2D eigenvalue weighted by atomic mass is 35.5. The van der Waals surface area contributed by atoms with Crippen LogP contribution in [0.1, 0.15) is 73.9 Å². The van der Waals surface area contributed by atoms with Gasteiger partial charge in [0.2, 0.25) is 0 Å². The molecule has 1 aliphatic heterocycles. The molecule has 2 fully saturated rings. The minimum absolute atomic E-state index is 0.370. The predicted octanol–water partition coefficient (Wildman–Crippen LogP) is 4.40. The molecule has 0 bridgehead atoms. The van der Waals surface area contributed by atoms with Crippen molar-refractivity contribution in [3.05, 3.63) is 23.0 Å². The third kappa shape index (κ3) is 3.00. The van der Waals surface area contributed by atoms with E-state index >= 15 is 0 Å². The van der Waals surface area contributed by atoms with Gasteiger partial charge in [0.05, 0.1) is 0 Å². The standard InChI is InChI=1S/C16H25ClN2/c1-11-9-14(15-7-2-3-8-18-15)16(19-11)12-5-4-6-13(17)10-12/h9,12-13,15,18-19H,2-8,10H2,1H3. The molecule has 2 heterocycles. The number of hydrogen-bond donors (Lipinski definition) is 2. The van der Waals surface area contributed by atoms with E-state index in [2.05, 4.69) is 23.3 Å². The Hall–Kier alpha value is -0.470. The van der Waals surface area contributed by atoms with E-state index < -0.39 is 0 Å². The zero-order valence-electron chi connectivity index (χ0n) is 11.8. The summed E-state index contributed by atoms with van der Waals surface area (Å²) in [7, 11) is 0. The molecule has 0 aromatic carbocycles. The lowest BCUT2D eigenvalue weighted by Crippen LogP contribution is -2.28. The third-order valence-corrected chi connectivity index (χ3v) is 5.12. The van der Waals surface area contributed by atoms with E-state index in [-0.39, 0.29) is 0 Å². The molecule has 3 unspecified atom stereocenters. The first kappa shape index (κ1) is 13.5. The summed E-state index contributed by atoms with van der Waals surface area (Å²) >= 11 is 6.38. The second-order valence-corrected chi connectivity index (χ2v) is 6.90. The maximum Gasteiger partial charge on any atom is 0.0342 e. The number of aromatic nitrogens is 1. The van der Waals surface area contributed by atoms with E-state index in [1.54, 1.807) is 0 Å². The Kier molecular flexibility index (Phi) is 4.18. The fraction of sp³-hybridized carbons (Fsp3) is 0.750. The summed E-state index contributed by atoms with van der Waals surface area (Å²) in [5, 5.41) is 4.06. The Labute approximate surface area is 121 Å². The van der Waals surface area contributed by atoms with Crippen molar-refractivity contribution < 1.29 is 0 Å². The second-order valence-electron chi connectivity index (χ2n) is 6.28. The van der Waals surface area contributed by atoms with Gasteiger partial charge >= 0.3 is 0 Å². The van der Waals surface area contributed by atoms with E-state index in [1.807, 2.05) is 0 Å². The lowest BCUT2D eigenvalue weighted by molar-refractivity contribution is 0.398. The number of nitrogens with one attached hydrogen (secondary N) is 2. The quantitative estimate of drug-likeness (QED) is 0.772. The number of H-pyrrole nitrogens is 1. The average molecular weight is 281 g/mol. The highest BCUT2D eigenvalue weighted by molar-refractivity contribution is 6.20. The van der Waals surface area contributed by atoms with Crippen LogP contribution in [0.4, 0.5) is 0 Å². The number of aryl methyl sites for hydroxylation is 1. The van der Waals surface area contributed by atoms with Crippen molar-refractivity contribution in [2.24, 2.45) is 0 Å².